The molecule has 33 heavy (non-hydrogen) atoms. The van der Waals surface area contributed by atoms with Gasteiger partial charge in [-0.1, -0.05) is 0 Å². The first-order chi connectivity index (χ1) is 15.5. The summed E-state index contributed by atoms with van der Waals surface area (Å²) in [4.78, 5) is 11.0. The molecule has 0 saturated heterocycles. The van der Waals surface area contributed by atoms with E-state index in [9.17, 15) is 21.6 Å². The second kappa shape index (κ2) is 8.58. The Morgan fingerprint density at radius 3 is 2.64 bits per heavy atom. The highest BCUT2D eigenvalue weighted by atomic mass is 32.2. The molecule has 16 heteroatoms. The summed E-state index contributed by atoms with van der Waals surface area (Å²) in [6.45, 7) is 1.59. The summed E-state index contributed by atoms with van der Waals surface area (Å²) in [5.41, 5.74) is 1.71. The number of carboxylic acids is 1. The number of nitrogens with zero attached hydrogens (tertiary/aromatic N) is 7. The zero-order valence-electron chi connectivity index (χ0n) is 16.9. The molecule has 0 aromatic carbocycles. The molecule has 1 aliphatic heterocycles. The molecule has 1 fully saturated rings. The van der Waals surface area contributed by atoms with Gasteiger partial charge in [0.25, 0.3) is 0 Å². The maximum absolute atomic E-state index is 12.2. The molecule has 0 bridgehead atoms. The van der Waals surface area contributed by atoms with Crippen LogP contribution in [0, 0.1) is 0 Å². The summed E-state index contributed by atoms with van der Waals surface area (Å²) in [5, 5.41) is 23.6. The van der Waals surface area contributed by atoms with Gasteiger partial charge in [-0.15, -0.1) is 15.3 Å². The maximum atomic E-state index is 12.2. The molecule has 3 aromatic heterocycles. The van der Waals surface area contributed by atoms with Crippen LogP contribution in [0.1, 0.15) is 24.6 Å². The van der Waals surface area contributed by atoms with Crippen LogP contribution in [-0.2, 0) is 21.4 Å². The van der Waals surface area contributed by atoms with Gasteiger partial charge in [0.2, 0.25) is 10.0 Å². The number of sulfonamides is 1. The van der Waals surface area contributed by atoms with E-state index >= 15 is 0 Å². The van der Waals surface area contributed by atoms with Gasteiger partial charge in [0.05, 0.1) is 23.5 Å². The van der Waals surface area contributed by atoms with E-state index in [-0.39, 0.29) is 11.3 Å². The lowest BCUT2D eigenvalue weighted by Gasteiger charge is -2.34. The minimum atomic E-state index is -5.08. The number of aromatic nitrogens is 6. The van der Waals surface area contributed by atoms with Gasteiger partial charge in [-0.25, -0.2) is 17.9 Å². The van der Waals surface area contributed by atoms with Crippen molar-refractivity contribution in [1.29, 1.82) is 0 Å². The Morgan fingerprint density at radius 2 is 1.97 bits per heavy atom. The summed E-state index contributed by atoms with van der Waals surface area (Å²) in [5.74, 6) is -1.97. The van der Waals surface area contributed by atoms with Crippen molar-refractivity contribution in [2.45, 2.75) is 36.9 Å². The van der Waals surface area contributed by atoms with E-state index < -0.39 is 22.2 Å². The maximum Gasteiger partial charge on any atom is 0.490 e. The summed E-state index contributed by atoms with van der Waals surface area (Å²) < 4.78 is 62.4. The molecule has 1 atom stereocenters. The fraction of sp³-hybridized carbons (Fsp3) is 0.471. The van der Waals surface area contributed by atoms with E-state index in [2.05, 4.69) is 30.0 Å². The van der Waals surface area contributed by atoms with Crippen LogP contribution in [0.3, 0.4) is 0 Å². The average Bonchev–Trinajstić information content (AvgIpc) is 3.34. The fourth-order valence-corrected chi connectivity index (χ4v) is 4.73. The van der Waals surface area contributed by atoms with Crippen LogP contribution in [-0.4, -0.2) is 73.6 Å². The minimum absolute atomic E-state index is 0.0966. The number of nitrogens with one attached hydrogen (secondary N) is 1. The number of anilines is 1. The first-order valence-electron chi connectivity index (χ1n) is 9.77. The van der Waals surface area contributed by atoms with Gasteiger partial charge in [0, 0.05) is 19.3 Å². The molecule has 1 unspecified atom stereocenters. The Kier molecular flexibility index (Phi) is 5.96. The normalized spacial score (nSPS) is 18.5. The SMILES string of the molecule is O=C(O)C(F)(F)F.O=S(=O)(NCC1CN(c2ccc3nncn3n2)Cc2ccnn21)C1CC1. The Morgan fingerprint density at radius 1 is 1.24 bits per heavy atom. The van der Waals surface area contributed by atoms with Crippen LogP contribution < -0.4 is 9.62 Å². The van der Waals surface area contributed by atoms with E-state index in [1.165, 1.54) is 0 Å². The number of hydrogen-bond donors (Lipinski definition) is 2. The number of hydrogen-bond acceptors (Lipinski definition) is 8. The highest BCUT2D eigenvalue weighted by Crippen LogP contribution is 2.28. The second-order valence-corrected chi connectivity index (χ2v) is 9.57. The van der Waals surface area contributed by atoms with Crippen molar-refractivity contribution in [2.24, 2.45) is 0 Å². The summed E-state index contributed by atoms with van der Waals surface area (Å²) in [6.07, 6.45) is -0.268. The van der Waals surface area contributed by atoms with Gasteiger partial charge >= 0.3 is 12.1 Å². The van der Waals surface area contributed by atoms with Crippen LogP contribution in [0.2, 0.25) is 0 Å². The molecule has 1 aliphatic carbocycles. The molecule has 0 radical (unpaired) electrons. The van der Waals surface area contributed by atoms with Crippen molar-refractivity contribution in [3.05, 3.63) is 36.4 Å². The lowest BCUT2D eigenvalue weighted by molar-refractivity contribution is -0.192. The predicted molar refractivity (Wildman–Crippen MR) is 107 cm³/mol. The third-order valence-corrected chi connectivity index (χ3v) is 7.00. The molecule has 2 N–H and O–H groups in total. The lowest BCUT2D eigenvalue weighted by Crippen LogP contribution is -2.44. The number of aliphatic carboxylic acids is 1. The van der Waals surface area contributed by atoms with E-state index in [0.29, 0.717) is 25.3 Å². The molecule has 3 aromatic rings. The van der Waals surface area contributed by atoms with Crippen molar-refractivity contribution >= 4 is 27.5 Å². The van der Waals surface area contributed by atoms with Crippen molar-refractivity contribution in [3.63, 3.8) is 0 Å². The molecular formula is C17H19F3N8O4S. The van der Waals surface area contributed by atoms with Crippen molar-refractivity contribution in [3.8, 4) is 0 Å². The minimum Gasteiger partial charge on any atom is -0.475 e. The number of alkyl halides is 3. The van der Waals surface area contributed by atoms with Gasteiger partial charge in [-0.3, -0.25) is 4.68 Å². The van der Waals surface area contributed by atoms with E-state index in [1.54, 1.807) is 17.0 Å². The monoisotopic (exact) mass is 488 g/mol. The highest BCUT2D eigenvalue weighted by molar-refractivity contribution is 7.90. The van der Waals surface area contributed by atoms with Crippen molar-refractivity contribution < 1.29 is 31.5 Å². The second-order valence-electron chi connectivity index (χ2n) is 7.52. The van der Waals surface area contributed by atoms with Crippen LogP contribution in [0.25, 0.3) is 5.65 Å². The van der Waals surface area contributed by atoms with Gasteiger partial charge in [0.1, 0.15) is 12.1 Å². The van der Waals surface area contributed by atoms with Crippen LogP contribution in [0.4, 0.5) is 19.0 Å². The predicted octanol–water partition coefficient (Wildman–Crippen LogP) is 0.597. The Labute approximate surface area is 185 Å². The molecular weight excluding hydrogens is 469 g/mol. The lowest BCUT2D eigenvalue weighted by atomic mass is 10.2. The zero-order chi connectivity index (χ0) is 23.8. The molecule has 12 nitrogen and oxygen atoms in total. The molecule has 0 spiro atoms. The molecule has 0 amide bonds. The standard InChI is InChI=1S/C15H18N8O2S.C2HF3O2/c24-26(25,13-1-2-13)18-7-12-9-21(8-11-5-6-17-23(11)12)15-4-3-14-19-16-10-22(14)20-15;3-2(4,5)1(6)7/h3-6,10,12-13,18H,1-2,7-9H2;(H,6,7). The highest BCUT2D eigenvalue weighted by Gasteiger charge is 2.38. The Bertz CT molecular complexity index is 1250. The van der Waals surface area contributed by atoms with E-state index in [1.807, 2.05) is 22.9 Å². The average molecular weight is 488 g/mol. The topological polar surface area (TPSA) is 148 Å². The zero-order valence-corrected chi connectivity index (χ0v) is 17.7. The van der Waals surface area contributed by atoms with Crippen LogP contribution >= 0.6 is 0 Å². The number of carboxylic acid groups (broad SMARTS) is 1. The van der Waals surface area contributed by atoms with Crippen molar-refractivity contribution in [1.82, 2.24) is 34.3 Å². The number of fused-ring (bicyclic) bond motifs is 2. The van der Waals surface area contributed by atoms with Crippen molar-refractivity contribution in [2.75, 3.05) is 18.0 Å². The summed E-state index contributed by atoms with van der Waals surface area (Å²) >= 11 is 0. The van der Waals surface area contributed by atoms with Gasteiger partial charge < -0.3 is 10.0 Å². The molecule has 178 valence electrons. The molecule has 4 heterocycles. The van der Waals surface area contributed by atoms with Crippen LogP contribution in [0.15, 0.2) is 30.7 Å². The van der Waals surface area contributed by atoms with Gasteiger partial charge in [0.15, 0.2) is 5.65 Å². The van der Waals surface area contributed by atoms with Gasteiger partial charge in [-0.2, -0.15) is 22.8 Å². The first kappa shape index (κ1) is 22.9. The molecule has 5 rings (SSSR count). The summed E-state index contributed by atoms with van der Waals surface area (Å²) in [7, 11) is -3.22. The van der Waals surface area contributed by atoms with Crippen LogP contribution in [0.5, 0.6) is 0 Å². The largest absolute Gasteiger partial charge is 0.490 e. The first-order valence-corrected chi connectivity index (χ1v) is 11.3. The number of carbonyl (C=O) groups is 1. The fourth-order valence-electron chi connectivity index (χ4n) is 3.31. The van der Waals surface area contributed by atoms with Gasteiger partial charge in [-0.05, 0) is 31.0 Å². The third kappa shape index (κ3) is 5.22. The Balaban J connectivity index is 0.000000325. The molecule has 2 aliphatic rings. The number of rotatable bonds is 5. The third-order valence-electron chi connectivity index (χ3n) is 5.08. The smallest absolute Gasteiger partial charge is 0.475 e. The van der Waals surface area contributed by atoms with E-state index in [0.717, 1.165) is 24.4 Å². The Hall–Kier alpha value is -3.27. The quantitative estimate of drug-likeness (QED) is 0.527. The summed E-state index contributed by atoms with van der Waals surface area (Å²) in [6, 6.07) is 5.63. The van der Waals surface area contributed by atoms with E-state index in [4.69, 9.17) is 9.90 Å². The molecule has 1 saturated carbocycles. The number of halogens is 3.